The van der Waals surface area contributed by atoms with Crippen molar-refractivity contribution in [2.75, 3.05) is 12.4 Å². The molecule has 0 unspecified atom stereocenters. The molecule has 2 N–H and O–H groups in total. The smallest absolute Gasteiger partial charge is 0.253 e. The Morgan fingerprint density at radius 1 is 1.10 bits per heavy atom. The Kier molecular flexibility index (Phi) is 6.11. The predicted molar refractivity (Wildman–Crippen MR) is 127 cm³/mol. The Labute approximate surface area is 183 Å². The fourth-order valence-corrected chi connectivity index (χ4v) is 4.16. The molecule has 2 heterocycles. The summed E-state index contributed by atoms with van der Waals surface area (Å²) in [6, 6.07) is 21.5. The number of H-pyrrole nitrogens is 1. The van der Waals surface area contributed by atoms with E-state index in [1.807, 2.05) is 70.9 Å². The molecule has 0 aliphatic heterocycles. The largest absolute Gasteiger partial charge is 0.497 e. The number of methoxy groups -OCH3 is 1. The number of ether oxygens (including phenoxy) is 1. The third-order valence-corrected chi connectivity index (χ3v) is 5.95. The number of pyridine rings is 1. The molecule has 0 radical (unpaired) electrons. The molecule has 30 heavy (non-hydrogen) atoms. The van der Waals surface area contributed by atoms with Crippen molar-refractivity contribution < 1.29 is 4.74 Å². The minimum absolute atomic E-state index is 0.130. The number of thiocarbonyl (C=S) groups is 1. The standard InChI is InChI=1S/C23H21N3O2S2/c1-28-19-10-9-16-12-17(22(27)25-21(16)13-19)14-26(15-20-8-5-11-30-20)23(29)24-18-6-3-2-4-7-18/h2-13H,14-15H2,1H3,(H,24,29)(H,25,27). The minimum Gasteiger partial charge on any atom is -0.497 e. The lowest BCUT2D eigenvalue weighted by atomic mass is 10.1. The molecule has 0 spiro atoms. The second kappa shape index (κ2) is 9.11. The second-order valence-corrected chi connectivity index (χ2v) is 8.23. The summed E-state index contributed by atoms with van der Waals surface area (Å²) in [5.41, 5.74) is 2.19. The Balaban J connectivity index is 1.63. The number of rotatable bonds is 6. The third kappa shape index (κ3) is 4.69. The highest BCUT2D eigenvalue weighted by atomic mass is 32.1. The maximum Gasteiger partial charge on any atom is 0.253 e. The first-order valence-electron chi connectivity index (χ1n) is 9.46. The molecule has 5 nitrogen and oxygen atoms in total. The van der Waals surface area contributed by atoms with Crippen LogP contribution in [-0.2, 0) is 13.1 Å². The second-order valence-electron chi connectivity index (χ2n) is 6.81. The number of nitrogens with one attached hydrogen (secondary N) is 2. The Hall–Kier alpha value is -3.16. The molecular weight excluding hydrogens is 414 g/mol. The van der Waals surface area contributed by atoms with Crippen molar-refractivity contribution in [3.63, 3.8) is 0 Å². The molecule has 0 fully saturated rings. The molecule has 152 valence electrons. The lowest BCUT2D eigenvalue weighted by Crippen LogP contribution is -2.35. The van der Waals surface area contributed by atoms with Crippen molar-refractivity contribution in [1.29, 1.82) is 0 Å². The number of aromatic amines is 1. The van der Waals surface area contributed by atoms with Gasteiger partial charge in [-0.15, -0.1) is 11.3 Å². The molecule has 0 saturated carbocycles. The average molecular weight is 436 g/mol. The average Bonchev–Trinajstić information content (AvgIpc) is 3.27. The van der Waals surface area contributed by atoms with E-state index < -0.39 is 0 Å². The molecule has 7 heteroatoms. The van der Waals surface area contributed by atoms with Gasteiger partial charge in [0.15, 0.2) is 5.11 Å². The summed E-state index contributed by atoms with van der Waals surface area (Å²) >= 11 is 7.36. The van der Waals surface area contributed by atoms with E-state index in [0.29, 0.717) is 29.5 Å². The number of benzene rings is 2. The molecule has 4 aromatic rings. The van der Waals surface area contributed by atoms with E-state index in [1.54, 1.807) is 18.4 Å². The maximum absolute atomic E-state index is 12.8. The number of fused-ring (bicyclic) bond motifs is 1. The molecular formula is C23H21N3O2S2. The van der Waals surface area contributed by atoms with Crippen molar-refractivity contribution in [2.24, 2.45) is 0 Å². The van der Waals surface area contributed by atoms with Crippen molar-refractivity contribution >= 4 is 45.3 Å². The SMILES string of the molecule is COc1ccc2cc(CN(Cc3cccs3)C(=S)Nc3ccccc3)c(=O)[nH]c2c1. The summed E-state index contributed by atoms with van der Waals surface area (Å²) < 4.78 is 5.25. The quantitative estimate of drug-likeness (QED) is 0.418. The predicted octanol–water partition coefficient (Wildman–Crippen LogP) is 5.00. The van der Waals surface area contributed by atoms with Gasteiger partial charge in [-0.3, -0.25) is 4.79 Å². The van der Waals surface area contributed by atoms with Gasteiger partial charge in [0.1, 0.15) is 5.75 Å². The van der Waals surface area contributed by atoms with Gasteiger partial charge in [-0.2, -0.15) is 0 Å². The fourth-order valence-electron chi connectivity index (χ4n) is 3.19. The van der Waals surface area contributed by atoms with E-state index in [9.17, 15) is 4.79 Å². The summed E-state index contributed by atoms with van der Waals surface area (Å²) in [7, 11) is 1.61. The molecule has 4 rings (SSSR count). The van der Waals surface area contributed by atoms with Crippen molar-refractivity contribution in [2.45, 2.75) is 13.1 Å². The van der Waals surface area contributed by atoms with E-state index in [4.69, 9.17) is 17.0 Å². The topological polar surface area (TPSA) is 57.4 Å². The zero-order valence-electron chi connectivity index (χ0n) is 16.4. The van der Waals surface area contributed by atoms with Gasteiger partial charge < -0.3 is 19.9 Å². The van der Waals surface area contributed by atoms with Gasteiger partial charge >= 0.3 is 0 Å². The van der Waals surface area contributed by atoms with Crippen molar-refractivity contribution in [3.05, 3.63) is 92.9 Å². The minimum atomic E-state index is -0.130. The highest BCUT2D eigenvalue weighted by molar-refractivity contribution is 7.80. The number of nitrogens with zero attached hydrogens (tertiary/aromatic N) is 1. The van der Waals surface area contributed by atoms with E-state index in [1.165, 1.54) is 4.88 Å². The molecule has 2 aromatic heterocycles. The first-order valence-corrected chi connectivity index (χ1v) is 10.7. The summed E-state index contributed by atoms with van der Waals surface area (Å²) in [4.78, 5) is 18.9. The molecule has 0 bridgehead atoms. The monoisotopic (exact) mass is 435 g/mol. The number of aromatic nitrogens is 1. The number of para-hydroxylation sites is 1. The Morgan fingerprint density at radius 2 is 1.93 bits per heavy atom. The van der Waals surface area contributed by atoms with Gasteiger partial charge in [-0.05, 0) is 59.4 Å². The number of anilines is 1. The molecule has 0 saturated heterocycles. The first kappa shape index (κ1) is 20.1. The number of hydrogen-bond donors (Lipinski definition) is 2. The molecule has 0 aliphatic carbocycles. The highest BCUT2D eigenvalue weighted by Gasteiger charge is 2.15. The molecule has 2 aromatic carbocycles. The Morgan fingerprint density at radius 3 is 2.67 bits per heavy atom. The summed E-state index contributed by atoms with van der Waals surface area (Å²) in [5, 5.41) is 6.84. The fraction of sp³-hybridized carbons (Fsp3) is 0.130. The first-order chi connectivity index (χ1) is 14.6. The van der Waals surface area contributed by atoms with Gasteiger partial charge in [-0.25, -0.2) is 0 Å². The van der Waals surface area contributed by atoms with Crippen LogP contribution in [0.3, 0.4) is 0 Å². The van der Waals surface area contributed by atoms with Gasteiger partial charge in [0, 0.05) is 22.2 Å². The van der Waals surface area contributed by atoms with Crippen LogP contribution in [0, 0.1) is 0 Å². The van der Waals surface area contributed by atoms with Crippen molar-refractivity contribution in [3.8, 4) is 5.75 Å². The normalized spacial score (nSPS) is 10.7. The van der Waals surface area contributed by atoms with E-state index >= 15 is 0 Å². The number of hydrogen-bond acceptors (Lipinski definition) is 4. The van der Waals surface area contributed by atoms with Crippen LogP contribution < -0.4 is 15.6 Å². The zero-order chi connectivity index (χ0) is 20.9. The van der Waals surface area contributed by atoms with E-state index in [-0.39, 0.29) is 5.56 Å². The van der Waals surface area contributed by atoms with Gasteiger partial charge in [0.2, 0.25) is 0 Å². The van der Waals surface area contributed by atoms with Crippen molar-refractivity contribution in [1.82, 2.24) is 9.88 Å². The van der Waals surface area contributed by atoms with E-state index in [0.717, 1.165) is 16.6 Å². The summed E-state index contributed by atoms with van der Waals surface area (Å²) in [6.07, 6.45) is 0. The number of thiophene rings is 1. The van der Waals surface area contributed by atoms with Crippen LogP contribution >= 0.6 is 23.6 Å². The van der Waals surface area contributed by atoms with Crippen LogP contribution in [0.15, 0.2) is 76.9 Å². The van der Waals surface area contributed by atoms with Crippen LogP contribution in [0.4, 0.5) is 5.69 Å². The van der Waals surface area contributed by atoms with Crippen LogP contribution in [0.2, 0.25) is 0 Å². The third-order valence-electron chi connectivity index (χ3n) is 4.73. The molecule has 0 atom stereocenters. The highest BCUT2D eigenvalue weighted by Crippen LogP contribution is 2.20. The molecule has 0 aliphatic rings. The van der Waals surface area contributed by atoms with Crippen LogP contribution in [-0.4, -0.2) is 22.1 Å². The van der Waals surface area contributed by atoms with Gasteiger partial charge in [0.25, 0.3) is 5.56 Å². The lowest BCUT2D eigenvalue weighted by Gasteiger charge is -2.25. The van der Waals surface area contributed by atoms with Crippen LogP contribution in [0.1, 0.15) is 10.4 Å². The van der Waals surface area contributed by atoms with Gasteiger partial charge in [0.05, 0.1) is 25.7 Å². The lowest BCUT2D eigenvalue weighted by molar-refractivity contribution is 0.414. The summed E-state index contributed by atoms with van der Waals surface area (Å²) in [5.74, 6) is 0.707. The Bertz CT molecular complexity index is 1200. The maximum atomic E-state index is 12.8. The molecule has 0 amide bonds. The van der Waals surface area contributed by atoms with E-state index in [2.05, 4.69) is 16.4 Å². The van der Waals surface area contributed by atoms with Crippen LogP contribution in [0.25, 0.3) is 10.9 Å². The summed E-state index contributed by atoms with van der Waals surface area (Å²) in [6.45, 7) is 1.02. The zero-order valence-corrected chi connectivity index (χ0v) is 18.1. The van der Waals surface area contributed by atoms with Gasteiger partial charge in [-0.1, -0.05) is 24.3 Å². The van der Waals surface area contributed by atoms with Crippen LogP contribution in [0.5, 0.6) is 5.75 Å².